The van der Waals surface area contributed by atoms with Gasteiger partial charge in [0.1, 0.15) is 11.6 Å². The van der Waals surface area contributed by atoms with Crippen LogP contribution in [0, 0.1) is 18.2 Å². The van der Waals surface area contributed by atoms with Crippen LogP contribution >= 0.6 is 0 Å². The fraction of sp³-hybridized carbons (Fsp3) is 0.125. The molecule has 0 atom stereocenters. The Morgan fingerprint density at radius 1 is 0.562 bits per heavy atom. The highest BCUT2D eigenvalue weighted by Crippen LogP contribution is 2.46. The first-order chi connectivity index (χ1) is 23.0. The maximum absolute atomic E-state index is 15.2. The highest BCUT2D eigenvalue weighted by molar-refractivity contribution is 5.68. The van der Waals surface area contributed by atoms with Crippen molar-refractivity contribution in [2.75, 3.05) is 0 Å². The van der Waals surface area contributed by atoms with E-state index in [4.69, 9.17) is 16.5 Å². The van der Waals surface area contributed by atoms with Crippen LogP contribution in [0.5, 0.6) is 0 Å². The van der Waals surface area contributed by atoms with E-state index in [2.05, 4.69) is 4.85 Å². The van der Waals surface area contributed by atoms with Crippen LogP contribution < -0.4 is 0 Å². The molecule has 0 spiro atoms. The molecule has 0 N–H and O–H groups in total. The molecule has 238 valence electrons. The van der Waals surface area contributed by atoms with Gasteiger partial charge in [0.15, 0.2) is 0 Å². The Labute approximate surface area is 275 Å². The van der Waals surface area contributed by atoms with E-state index in [1.54, 1.807) is 24.3 Å². The minimum Gasteiger partial charge on any atom is -0.255 e. The van der Waals surface area contributed by atoms with Crippen molar-refractivity contribution in [1.29, 1.82) is 0 Å². The zero-order valence-corrected chi connectivity index (χ0v) is 25.9. The third kappa shape index (κ3) is 5.62. The summed E-state index contributed by atoms with van der Waals surface area (Å²) in [5.41, 5.74) is -0.0193. The average Bonchev–Trinajstić information content (AvgIpc) is 3.10. The van der Waals surface area contributed by atoms with Gasteiger partial charge in [0.25, 0.3) is 5.69 Å². The molecule has 8 heteroatoms. The molecule has 0 unspecified atom stereocenters. The summed E-state index contributed by atoms with van der Waals surface area (Å²) in [5.74, 6) is -1.95. The van der Waals surface area contributed by atoms with E-state index >= 15 is 4.39 Å². The molecule has 6 aromatic rings. The SMILES string of the molecule is [C-]#[N+]c1c(F)ccc(-c2cccc(C(C)(C)c3cccc(C(c4ccccc4)(c4ccccc4)c4cccc(C(F)(F)F)c4)n3)n2)c1F. The van der Waals surface area contributed by atoms with Crippen LogP contribution in [-0.4, -0.2) is 9.97 Å². The molecule has 2 aromatic heterocycles. The van der Waals surface area contributed by atoms with Crippen LogP contribution in [0.1, 0.15) is 53.2 Å². The van der Waals surface area contributed by atoms with Gasteiger partial charge in [-0.25, -0.2) is 13.6 Å². The van der Waals surface area contributed by atoms with Crippen molar-refractivity contribution >= 4 is 5.69 Å². The molecule has 0 saturated heterocycles. The third-order valence-electron chi connectivity index (χ3n) is 8.65. The van der Waals surface area contributed by atoms with Crippen LogP contribution in [0.15, 0.2) is 133 Å². The molecule has 4 aromatic carbocycles. The highest BCUT2D eigenvalue weighted by atomic mass is 19.4. The van der Waals surface area contributed by atoms with E-state index in [1.807, 2.05) is 92.7 Å². The predicted octanol–water partition coefficient (Wildman–Crippen LogP) is 10.7. The highest BCUT2D eigenvalue weighted by Gasteiger charge is 2.42. The fourth-order valence-corrected chi connectivity index (χ4v) is 6.15. The summed E-state index contributed by atoms with van der Waals surface area (Å²) in [7, 11) is 0. The quantitative estimate of drug-likeness (QED) is 0.0983. The first kappa shape index (κ1) is 32.3. The summed E-state index contributed by atoms with van der Waals surface area (Å²) in [6, 6.07) is 36.7. The molecular formula is C40H28F5N3. The van der Waals surface area contributed by atoms with Crippen molar-refractivity contribution in [3.8, 4) is 11.3 Å². The number of halogens is 5. The lowest BCUT2D eigenvalue weighted by atomic mass is 9.66. The summed E-state index contributed by atoms with van der Waals surface area (Å²) < 4.78 is 71.6. The van der Waals surface area contributed by atoms with E-state index in [0.29, 0.717) is 22.6 Å². The van der Waals surface area contributed by atoms with Gasteiger partial charge in [-0.2, -0.15) is 13.2 Å². The number of aromatic nitrogens is 2. The molecule has 48 heavy (non-hydrogen) atoms. The summed E-state index contributed by atoms with van der Waals surface area (Å²) >= 11 is 0. The first-order valence-electron chi connectivity index (χ1n) is 15.1. The first-order valence-corrected chi connectivity index (χ1v) is 15.1. The monoisotopic (exact) mass is 645 g/mol. The van der Waals surface area contributed by atoms with Gasteiger partial charge in [-0.1, -0.05) is 91.0 Å². The molecule has 0 fully saturated rings. The van der Waals surface area contributed by atoms with E-state index in [9.17, 15) is 17.6 Å². The van der Waals surface area contributed by atoms with Crippen LogP contribution in [0.25, 0.3) is 16.1 Å². The third-order valence-corrected chi connectivity index (χ3v) is 8.65. The van der Waals surface area contributed by atoms with Gasteiger partial charge in [0.2, 0.25) is 0 Å². The second-order valence-electron chi connectivity index (χ2n) is 11.9. The van der Waals surface area contributed by atoms with Crippen molar-refractivity contribution in [2.45, 2.75) is 30.9 Å². The predicted molar refractivity (Wildman–Crippen MR) is 176 cm³/mol. The summed E-state index contributed by atoms with van der Waals surface area (Å²) in [6.45, 7) is 11.0. The maximum Gasteiger partial charge on any atom is 0.416 e. The Balaban J connectivity index is 1.57. The Hall–Kier alpha value is -5.68. The Bertz CT molecular complexity index is 2100. The zero-order valence-electron chi connectivity index (χ0n) is 25.9. The van der Waals surface area contributed by atoms with Gasteiger partial charge in [0.05, 0.1) is 40.3 Å². The molecule has 2 heterocycles. The minimum atomic E-state index is -4.57. The minimum absolute atomic E-state index is 0.0153. The zero-order chi connectivity index (χ0) is 34.1. The van der Waals surface area contributed by atoms with E-state index in [1.165, 1.54) is 18.2 Å². The number of rotatable bonds is 7. The standard InChI is InChI=1S/C40H28F5N3/c1-38(2,33-20-11-19-32(47-33)30-23-24-31(41)37(46-3)36(30)42)34-21-12-22-35(48-34)39(26-13-6-4-7-14-26,27-15-8-5-9-16-27)28-17-10-18-29(25-28)40(43,44)45/h4-25H,1-2H3. The van der Waals surface area contributed by atoms with Gasteiger partial charge < -0.3 is 0 Å². The number of hydrogen-bond donors (Lipinski definition) is 0. The molecule has 0 aliphatic rings. The fourth-order valence-electron chi connectivity index (χ4n) is 6.15. The molecule has 0 radical (unpaired) electrons. The Morgan fingerprint density at radius 2 is 1.08 bits per heavy atom. The number of hydrogen-bond acceptors (Lipinski definition) is 2. The Kier molecular flexibility index (Phi) is 8.40. The van der Waals surface area contributed by atoms with Crippen LogP contribution in [0.3, 0.4) is 0 Å². The Morgan fingerprint density at radius 3 is 1.69 bits per heavy atom. The molecule has 0 saturated carbocycles. The molecule has 0 aliphatic carbocycles. The second kappa shape index (κ2) is 12.5. The lowest BCUT2D eigenvalue weighted by Crippen LogP contribution is -2.34. The van der Waals surface area contributed by atoms with Crippen LogP contribution in [-0.2, 0) is 17.0 Å². The lowest BCUT2D eigenvalue weighted by molar-refractivity contribution is -0.137. The smallest absolute Gasteiger partial charge is 0.255 e. The normalized spacial score (nSPS) is 12.0. The number of pyridine rings is 2. The average molecular weight is 646 g/mol. The van der Waals surface area contributed by atoms with Gasteiger partial charge >= 0.3 is 6.18 Å². The number of nitrogens with zero attached hydrogens (tertiary/aromatic N) is 3. The largest absolute Gasteiger partial charge is 0.416 e. The van der Waals surface area contributed by atoms with Gasteiger partial charge in [-0.15, -0.1) is 0 Å². The summed E-state index contributed by atoms with van der Waals surface area (Å²) in [4.78, 5) is 12.9. The van der Waals surface area contributed by atoms with E-state index < -0.39 is 39.9 Å². The van der Waals surface area contributed by atoms with Crippen molar-refractivity contribution in [1.82, 2.24) is 9.97 Å². The molecule has 3 nitrogen and oxygen atoms in total. The van der Waals surface area contributed by atoms with Gasteiger partial charge in [0, 0.05) is 11.0 Å². The van der Waals surface area contributed by atoms with Gasteiger partial charge in [-0.05, 0) is 73.0 Å². The van der Waals surface area contributed by atoms with Crippen molar-refractivity contribution < 1.29 is 22.0 Å². The molecule has 0 aliphatic heterocycles. The van der Waals surface area contributed by atoms with Crippen LogP contribution in [0.4, 0.5) is 27.6 Å². The second-order valence-corrected chi connectivity index (χ2v) is 11.9. The van der Waals surface area contributed by atoms with Crippen LogP contribution in [0.2, 0.25) is 0 Å². The molecule has 0 bridgehead atoms. The summed E-state index contributed by atoms with van der Waals surface area (Å²) in [6.07, 6.45) is -4.57. The van der Waals surface area contributed by atoms with Gasteiger partial charge in [-0.3, -0.25) is 9.97 Å². The summed E-state index contributed by atoms with van der Waals surface area (Å²) in [5, 5.41) is 0. The lowest BCUT2D eigenvalue weighted by Gasteiger charge is -2.37. The topological polar surface area (TPSA) is 30.1 Å². The molecular weight excluding hydrogens is 617 g/mol. The number of benzene rings is 4. The van der Waals surface area contributed by atoms with Crippen molar-refractivity contribution in [2.24, 2.45) is 0 Å². The van der Waals surface area contributed by atoms with E-state index in [-0.39, 0.29) is 11.3 Å². The maximum atomic E-state index is 15.2. The van der Waals surface area contributed by atoms with Crippen molar-refractivity contribution in [3.05, 3.63) is 196 Å². The molecule has 0 amide bonds. The van der Waals surface area contributed by atoms with E-state index in [0.717, 1.165) is 23.3 Å². The molecule has 6 rings (SSSR count). The number of alkyl halides is 3. The van der Waals surface area contributed by atoms with Crippen molar-refractivity contribution in [3.63, 3.8) is 0 Å².